The summed E-state index contributed by atoms with van der Waals surface area (Å²) in [5, 5.41) is 24.8. The minimum atomic E-state index is -0.855. The molecule has 1 aromatic heterocycles. The second kappa shape index (κ2) is 14.8. The molecule has 1 aliphatic heterocycles. The lowest BCUT2D eigenvalue weighted by molar-refractivity contribution is -0.268. The third-order valence-corrected chi connectivity index (χ3v) is 8.80. The van der Waals surface area contributed by atoms with Crippen LogP contribution in [0, 0.1) is 5.92 Å². The lowest BCUT2D eigenvalue weighted by atomic mass is 9.91. The Morgan fingerprint density at radius 3 is 2.42 bits per heavy atom. The lowest BCUT2D eigenvalue weighted by Gasteiger charge is -2.41. The highest BCUT2D eigenvalue weighted by molar-refractivity contribution is 7.99. The first-order valence-electron chi connectivity index (χ1n) is 14.7. The van der Waals surface area contributed by atoms with Crippen LogP contribution >= 0.6 is 11.8 Å². The first kappa shape index (κ1) is 32.3. The zero-order valence-corrected chi connectivity index (χ0v) is 26.4. The van der Waals surface area contributed by atoms with E-state index < -0.39 is 18.4 Å². The van der Waals surface area contributed by atoms with E-state index in [1.807, 2.05) is 79.8 Å². The minimum absolute atomic E-state index is 0.0166. The topological polar surface area (TPSA) is 138 Å². The molecule has 5 atom stereocenters. The number of nitrogens with one attached hydrogen (secondary N) is 1. The molecule has 2 N–H and O–H groups in total. The second-order valence-electron chi connectivity index (χ2n) is 11.0. The van der Waals surface area contributed by atoms with E-state index >= 15 is 0 Å². The Morgan fingerprint density at radius 2 is 1.76 bits per heavy atom. The molecule has 1 aliphatic rings. The smallest absolute Gasteiger partial charge is 0.303 e. The summed E-state index contributed by atoms with van der Waals surface area (Å²) < 4.78 is 19.7. The van der Waals surface area contributed by atoms with Gasteiger partial charge in [0.1, 0.15) is 0 Å². The van der Waals surface area contributed by atoms with Gasteiger partial charge in [-0.25, -0.2) is 4.68 Å². The van der Waals surface area contributed by atoms with Crippen molar-refractivity contribution in [2.24, 2.45) is 13.0 Å². The molecular weight excluding hydrogens is 594 g/mol. The normalized spacial score (nSPS) is 20.4. The number of amides is 1. The summed E-state index contributed by atoms with van der Waals surface area (Å²) in [5.74, 6) is -0.173. The van der Waals surface area contributed by atoms with E-state index in [1.54, 1.807) is 23.4 Å². The number of rotatable bonds is 11. The van der Waals surface area contributed by atoms with Crippen molar-refractivity contribution in [2.45, 2.75) is 63.7 Å². The van der Waals surface area contributed by atoms with Crippen molar-refractivity contribution in [3.8, 4) is 11.1 Å². The van der Waals surface area contributed by atoms with Gasteiger partial charge in [0.2, 0.25) is 5.16 Å². The number of ether oxygens (including phenoxy) is 3. The third kappa shape index (κ3) is 8.14. The monoisotopic (exact) mass is 631 g/mol. The SMILES string of the molecule is CC(=O)OC(C)C(=O)NCc1cccc(-c2ccc(C3OC(CSc4nnnn4C)C(C)C(c4ccc(CO)cc4)O3)cc2)c1. The highest BCUT2D eigenvalue weighted by Crippen LogP contribution is 2.43. The van der Waals surface area contributed by atoms with Gasteiger partial charge in [0, 0.05) is 37.8 Å². The summed E-state index contributed by atoms with van der Waals surface area (Å²) in [5.41, 5.74) is 5.67. The van der Waals surface area contributed by atoms with Gasteiger partial charge in [0.25, 0.3) is 5.91 Å². The van der Waals surface area contributed by atoms with Crippen molar-refractivity contribution in [2.75, 3.05) is 5.75 Å². The number of aliphatic hydroxyl groups excluding tert-OH is 1. The molecule has 5 rings (SSSR count). The van der Waals surface area contributed by atoms with Crippen LogP contribution < -0.4 is 5.32 Å². The van der Waals surface area contributed by atoms with Crippen LogP contribution in [0.1, 0.15) is 55.4 Å². The number of hydrogen-bond acceptors (Lipinski definition) is 10. The molecule has 0 aliphatic carbocycles. The Hall–Kier alpha value is -4.10. The number of nitrogens with zero attached hydrogens (tertiary/aromatic N) is 4. The molecule has 4 aromatic rings. The molecular formula is C33H37N5O6S. The first-order valence-corrected chi connectivity index (χ1v) is 15.7. The van der Waals surface area contributed by atoms with Crippen molar-refractivity contribution in [1.29, 1.82) is 0 Å². The summed E-state index contributed by atoms with van der Waals surface area (Å²) in [6.45, 7) is 5.23. The van der Waals surface area contributed by atoms with Crippen molar-refractivity contribution in [3.63, 3.8) is 0 Å². The van der Waals surface area contributed by atoms with E-state index in [0.717, 1.165) is 33.4 Å². The van der Waals surface area contributed by atoms with E-state index in [-0.39, 0.29) is 30.6 Å². The van der Waals surface area contributed by atoms with Crippen LogP contribution in [0.2, 0.25) is 0 Å². The van der Waals surface area contributed by atoms with Gasteiger partial charge < -0.3 is 24.6 Å². The van der Waals surface area contributed by atoms with Crippen molar-refractivity contribution in [3.05, 3.63) is 95.1 Å². The molecule has 5 unspecified atom stereocenters. The predicted octanol–water partition coefficient (Wildman–Crippen LogP) is 4.52. The average Bonchev–Trinajstić information content (AvgIpc) is 3.47. The maximum atomic E-state index is 12.3. The van der Waals surface area contributed by atoms with Gasteiger partial charge in [-0.1, -0.05) is 85.4 Å². The Bertz CT molecular complexity index is 1600. The number of thioether (sulfide) groups is 1. The first-order chi connectivity index (χ1) is 21.7. The van der Waals surface area contributed by atoms with E-state index in [9.17, 15) is 14.7 Å². The van der Waals surface area contributed by atoms with Crippen molar-refractivity contribution < 1.29 is 28.9 Å². The van der Waals surface area contributed by atoms with E-state index in [1.165, 1.54) is 6.92 Å². The fourth-order valence-corrected chi connectivity index (χ4v) is 6.15. The fourth-order valence-electron chi connectivity index (χ4n) is 5.14. The van der Waals surface area contributed by atoms with E-state index in [2.05, 4.69) is 27.8 Å². The van der Waals surface area contributed by atoms with Gasteiger partial charge in [-0.05, 0) is 51.2 Å². The third-order valence-electron chi connectivity index (χ3n) is 7.70. The molecule has 3 aromatic carbocycles. The number of carbonyl (C=O) groups excluding carboxylic acids is 2. The Morgan fingerprint density at radius 1 is 1.02 bits per heavy atom. The van der Waals surface area contributed by atoms with Crippen LogP contribution in [0.25, 0.3) is 11.1 Å². The van der Waals surface area contributed by atoms with Crippen LogP contribution in [-0.4, -0.2) is 55.2 Å². The van der Waals surface area contributed by atoms with Crippen molar-refractivity contribution >= 4 is 23.6 Å². The number of tetrazole rings is 1. The summed E-state index contributed by atoms with van der Waals surface area (Å²) in [6, 6.07) is 23.8. The van der Waals surface area contributed by atoms with Gasteiger partial charge in [0.15, 0.2) is 12.4 Å². The number of esters is 1. The minimum Gasteiger partial charge on any atom is -0.453 e. The molecule has 2 heterocycles. The lowest BCUT2D eigenvalue weighted by Crippen LogP contribution is -2.38. The van der Waals surface area contributed by atoms with Crippen LogP contribution in [0.3, 0.4) is 0 Å². The number of benzene rings is 3. The number of aliphatic hydroxyl groups is 1. The molecule has 12 heteroatoms. The molecule has 0 radical (unpaired) electrons. The zero-order chi connectivity index (χ0) is 31.9. The van der Waals surface area contributed by atoms with Crippen LogP contribution in [0.5, 0.6) is 0 Å². The molecule has 1 amide bonds. The number of carbonyl (C=O) groups is 2. The number of hydrogen-bond donors (Lipinski definition) is 2. The van der Waals surface area contributed by atoms with Crippen LogP contribution in [-0.2, 0) is 44.0 Å². The Balaban J connectivity index is 1.31. The van der Waals surface area contributed by atoms with Crippen molar-refractivity contribution in [1.82, 2.24) is 25.5 Å². The fraction of sp³-hybridized carbons (Fsp3) is 0.364. The second-order valence-corrected chi connectivity index (χ2v) is 12.0. The molecule has 236 valence electrons. The molecule has 0 bridgehead atoms. The summed E-state index contributed by atoms with van der Waals surface area (Å²) in [7, 11) is 1.81. The average molecular weight is 632 g/mol. The summed E-state index contributed by atoms with van der Waals surface area (Å²) in [4.78, 5) is 23.4. The van der Waals surface area contributed by atoms with Crippen LogP contribution in [0.15, 0.2) is 78.0 Å². The standard InChI is InChI=1S/C33H37N5O6S/c1-20-29(19-45-33-35-36-37-38(33)4)43-32(44-30(20)26-10-8-23(18-39)9-11-26)27-14-12-25(13-15-27)28-7-5-6-24(16-28)17-34-31(41)21(2)42-22(3)40/h5-16,20-21,29-30,32,39H,17-19H2,1-4H3,(H,34,41). The molecule has 0 spiro atoms. The maximum Gasteiger partial charge on any atom is 0.303 e. The molecule has 1 saturated heterocycles. The Kier molecular flexibility index (Phi) is 10.6. The maximum absolute atomic E-state index is 12.3. The highest BCUT2D eigenvalue weighted by Gasteiger charge is 2.38. The highest BCUT2D eigenvalue weighted by atomic mass is 32.2. The summed E-state index contributed by atoms with van der Waals surface area (Å²) in [6.07, 6.45) is -1.83. The van der Waals surface area contributed by atoms with Gasteiger partial charge in [-0.2, -0.15) is 0 Å². The van der Waals surface area contributed by atoms with E-state index in [0.29, 0.717) is 17.5 Å². The number of aromatic nitrogens is 4. The van der Waals surface area contributed by atoms with Gasteiger partial charge in [0.05, 0.1) is 18.8 Å². The van der Waals surface area contributed by atoms with Gasteiger partial charge in [-0.15, -0.1) is 5.10 Å². The van der Waals surface area contributed by atoms with Gasteiger partial charge >= 0.3 is 5.97 Å². The van der Waals surface area contributed by atoms with E-state index in [4.69, 9.17) is 14.2 Å². The molecule has 45 heavy (non-hydrogen) atoms. The van der Waals surface area contributed by atoms with Crippen LogP contribution in [0.4, 0.5) is 0 Å². The zero-order valence-electron chi connectivity index (χ0n) is 25.6. The summed E-state index contributed by atoms with van der Waals surface area (Å²) >= 11 is 1.54. The molecule has 0 saturated carbocycles. The number of aryl methyl sites for hydroxylation is 1. The quantitative estimate of drug-likeness (QED) is 0.180. The largest absolute Gasteiger partial charge is 0.453 e. The van der Waals surface area contributed by atoms with Gasteiger partial charge in [-0.3, -0.25) is 9.59 Å². The Labute approximate surface area is 266 Å². The molecule has 11 nitrogen and oxygen atoms in total. The predicted molar refractivity (Wildman–Crippen MR) is 167 cm³/mol. The molecule has 1 fully saturated rings.